The summed E-state index contributed by atoms with van der Waals surface area (Å²) in [7, 11) is -4.91. The minimum Gasteiger partial charge on any atom is -0.756 e. The maximum Gasteiger partial charge on any atom is 1.00 e. The van der Waals surface area contributed by atoms with Gasteiger partial charge in [-0.05, 0) is 6.42 Å². The van der Waals surface area contributed by atoms with Gasteiger partial charge in [0.15, 0.2) is 0 Å². The number of hydrogen-bond donors (Lipinski definition) is 4. The molecule has 0 aromatic rings. The van der Waals surface area contributed by atoms with Gasteiger partial charge in [-0.1, -0.05) is 13.3 Å². The molecule has 0 aromatic heterocycles. The minimum atomic E-state index is -4.91. The fourth-order valence-corrected chi connectivity index (χ4v) is 2.19. The first-order chi connectivity index (χ1) is 8.26. The van der Waals surface area contributed by atoms with E-state index in [1.807, 2.05) is 6.92 Å². The van der Waals surface area contributed by atoms with Crippen molar-refractivity contribution in [1.29, 1.82) is 0 Å². The average Bonchev–Trinajstić information content (AvgIpc) is 2.27. The summed E-state index contributed by atoms with van der Waals surface area (Å²) in [4.78, 5) is 18.9. The molecule has 1 heterocycles. The van der Waals surface area contributed by atoms with Crippen molar-refractivity contribution >= 4 is 7.82 Å². The summed E-state index contributed by atoms with van der Waals surface area (Å²) in [5, 5.41) is 28.8. The average molecular weight is 308 g/mol. The van der Waals surface area contributed by atoms with Crippen LogP contribution in [0.5, 0.6) is 0 Å². The van der Waals surface area contributed by atoms with E-state index in [0.717, 1.165) is 0 Å². The molecule has 1 saturated heterocycles. The zero-order valence-corrected chi connectivity index (χ0v) is 13.8. The Morgan fingerprint density at radius 1 is 1.21 bits per heavy atom. The molecule has 6 unspecified atom stereocenters. The monoisotopic (exact) mass is 308 g/mol. The number of rotatable bonds is 5. The van der Waals surface area contributed by atoms with Crippen molar-refractivity contribution in [3.8, 4) is 0 Å². The van der Waals surface area contributed by atoms with Crippen LogP contribution in [0.3, 0.4) is 0 Å². The van der Waals surface area contributed by atoms with Gasteiger partial charge in [-0.15, -0.1) is 0 Å². The van der Waals surface area contributed by atoms with Crippen molar-refractivity contribution in [2.75, 3.05) is 6.61 Å². The fraction of sp³-hybridized carbons (Fsp3) is 1.00. The molecule has 108 valence electrons. The summed E-state index contributed by atoms with van der Waals surface area (Å²) in [6.45, 7) is 1.22. The number of phosphoric ester groups is 1. The van der Waals surface area contributed by atoms with Gasteiger partial charge in [0.2, 0.25) is 0 Å². The van der Waals surface area contributed by atoms with E-state index in [-0.39, 0.29) is 29.6 Å². The third kappa shape index (κ3) is 6.07. The molecule has 0 radical (unpaired) electrons. The molecule has 1 rings (SSSR count). The van der Waals surface area contributed by atoms with Crippen LogP contribution in [0.15, 0.2) is 0 Å². The number of aliphatic hydroxyl groups is 3. The van der Waals surface area contributed by atoms with Crippen LogP contribution in [0.25, 0.3) is 0 Å². The summed E-state index contributed by atoms with van der Waals surface area (Å²) in [6.07, 6.45) is -4.91. The second-order valence-corrected chi connectivity index (χ2v) is 5.43. The number of phosphoric acid groups is 1. The molecule has 1 aliphatic rings. The van der Waals surface area contributed by atoms with Crippen molar-refractivity contribution in [3.63, 3.8) is 0 Å². The zero-order valence-electron chi connectivity index (χ0n) is 10.9. The first-order valence-electron chi connectivity index (χ1n) is 5.64. The van der Waals surface area contributed by atoms with Gasteiger partial charge in [0.1, 0.15) is 24.4 Å². The molecular formula is C9H18NaO8P. The van der Waals surface area contributed by atoms with Gasteiger partial charge in [0.25, 0.3) is 7.82 Å². The largest absolute Gasteiger partial charge is 1.00 e. The predicted molar refractivity (Wildman–Crippen MR) is 57.4 cm³/mol. The van der Waals surface area contributed by atoms with E-state index in [1.165, 1.54) is 0 Å². The van der Waals surface area contributed by atoms with E-state index >= 15 is 0 Å². The zero-order chi connectivity index (χ0) is 13.9. The Balaban J connectivity index is 0.00000324. The fourth-order valence-electron chi connectivity index (χ4n) is 1.86. The van der Waals surface area contributed by atoms with Crippen LogP contribution in [-0.2, 0) is 13.8 Å². The summed E-state index contributed by atoms with van der Waals surface area (Å²) < 4.78 is 19.8. The molecule has 1 fully saturated rings. The van der Waals surface area contributed by atoms with Crippen LogP contribution in [0.4, 0.5) is 0 Å². The van der Waals surface area contributed by atoms with Crippen LogP contribution >= 0.6 is 7.82 Å². The summed E-state index contributed by atoms with van der Waals surface area (Å²) >= 11 is 0. The van der Waals surface area contributed by atoms with Crippen molar-refractivity contribution in [1.82, 2.24) is 0 Å². The minimum absolute atomic E-state index is 0. The SMILES string of the molecule is CCCC1OC(COP(=O)([O-])O)C(O)C(O)C1O.[Na+]. The van der Waals surface area contributed by atoms with Gasteiger partial charge in [-0.2, -0.15) is 0 Å². The first-order valence-corrected chi connectivity index (χ1v) is 7.13. The molecule has 1 aliphatic heterocycles. The van der Waals surface area contributed by atoms with Gasteiger partial charge in [-0.25, -0.2) is 0 Å². The van der Waals surface area contributed by atoms with E-state index in [4.69, 9.17) is 9.63 Å². The van der Waals surface area contributed by atoms with Crippen LogP contribution < -0.4 is 34.5 Å². The molecule has 4 N–H and O–H groups in total. The second-order valence-electron chi connectivity index (χ2n) is 4.24. The van der Waals surface area contributed by atoms with Crippen LogP contribution in [0, 0.1) is 0 Å². The van der Waals surface area contributed by atoms with E-state index in [0.29, 0.717) is 12.8 Å². The molecule has 0 aliphatic carbocycles. The third-order valence-corrected chi connectivity index (χ3v) is 3.26. The number of hydrogen-bond acceptors (Lipinski definition) is 7. The van der Waals surface area contributed by atoms with Gasteiger partial charge in [-0.3, -0.25) is 4.57 Å². The van der Waals surface area contributed by atoms with Gasteiger partial charge < -0.3 is 34.4 Å². The van der Waals surface area contributed by atoms with Gasteiger partial charge in [0, 0.05) is 0 Å². The van der Waals surface area contributed by atoms with E-state index in [1.54, 1.807) is 0 Å². The quantitative estimate of drug-likeness (QED) is 0.293. The third-order valence-electron chi connectivity index (χ3n) is 2.79. The van der Waals surface area contributed by atoms with Gasteiger partial charge in [0.05, 0.1) is 12.7 Å². The summed E-state index contributed by atoms with van der Waals surface area (Å²) in [6, 6.07) is 0. The molecule has 8 nitrogen and oxygen atoms in total. The number of ether oxygens (including phenoxy) is 1. The standard InChI is InChI=1S/C9H19O8P.Na/c1-2-3-5-7(10)9(12)8(11)6(17-5)4-16-18(13,14)15;/h5-12H,2-4H2,1H3,(H2,13,14,15);/q;+1/p-1. The Morgan fingerprint density at radius 3 is 2.21 bits per heavy atom. The second kappa shape index (κ2) is 8.41. The summed E-state index contributed by atoms with van der Waals surface area (Å²) in [5.74, 6) is 0. The van der Waals surface area contributed by atoms with Gasteiger partial charge >= 0.3 is 29.6 Å². The van der Waals surface area contributed by atoms with Crippen molar-refractivity contribution < 1.29 is 68.5 Å². The van der Waals surface area contributed by atoms with Crippen molar-refractivity contribution in [2.24, 2.45) is 0 Å². The van der Waals surface area contributed by atoms with E-state index in [2.05, 4.69) is 4.52 Å². The maximum absolute atomic E-state index is 10.4. The Kier molecular flexibility index (Phi) is 8.83. The smallest absolute Gasteiger partial charge is 0.756 e. The van der Waals surface area contributed by atoms with E-state index < -0.39 is 44.9 Å². The Labute approximate surface area is 133 Å². The molecule has 0 amide bonds. The van der Waals surface area contributed by atoms with Crippen LogP contribution in [0.2, 0.25) is 0 Å². The summed E-state index contributed by atoms with van der Waals surface area (Å²) in [5.41, 5.74) is 0. The normalized spacial score (nSPS) is 38.3. The molecule has 0 saturated carbocycles. The maximum atomic E-state index is 10.4. The van der Waals surface area contributed by atoms with E-state index in [9.17, 15) is 24.8 Å². The molecule has 0 bridgehead atoms. The molecule has 0 spiro atoms. The topological polar surface area (TPSA) is 140 Å². The molecule has 10 heteroatoms. The Morgan fingerprint density at radius 2 is 1.74 bits per heavy atom. The van der Waals surface area contributed by atoms with Crippen LogP contribution in [-0.4, -0.2) is 57.3 Å². The molecule has 6 atom stereocenters. The van der Waals surface area contributed by atoms with Crippen molar-refractivity contribution in [2.45, 2.75) is 50.3 Å². The predicted octanol–water partition coefficient (Wildman–Crippen LogP) is -4.88. The van der Waals surface area contributed by atoms with Crippen LogP contribution in [0.1, 0.15) is 19.8 Å². The first kappa shape index (κ1) is 19.9. The van der Waals surface area contributed by atoms with Crippen molar-refractivity contribution in [3.05, 3.63) is 0 Å². The molecule has 0 aromatic carbocycles. The molecular weight excluding hydrogens is 290 g/mol. The number of aliphatic hydroxyl groups excluding tert-OH is 3. The molecule has 19 heavy (non-hydrogen) atoms. The Bertz CT molecular complexity index is 311. The Hall–Kier alpha value is 0.950.